The molecule has 1 aromatic carbocycles. The van der Waals surface area contributed by atoms with Gasteiger partial charge in [0.1, 0.15) is 0 Å². The molecular weight excluding hydrogens is 351 g/mol. The number of carbonyl (C=O) groups excluding carboxylic acids is 1. The summed E-state index contributed by atoms with van der Waals surface area (Å²) in [4.78, 5) is 24.8. The summed E-state index contributed by atoms with van der Waals surface area (Å²) in [5, 5.41) is 21.5. The molecule has 1 heterocycles. The van der Waals surface area contributed by atoms with Crippen molar-refractivity contribution in [3.63, 3.8) is 0 Å². The Labute approximate surface area is 158 Å². The van der Waals surface area contributed by atoms with Gasteiger partial charge in [-0.05, 0) is 56.1 Å². The number of hydrogen-bond donors (Lipinski definition) is 3. The van der Waals surface area contributed by atoms with Crippen molar-refractivity contribution < 1.29 is 24.2 Å². The molecule has 0 aromatic heterocycles. The number of phenolic OH excluding ortho intramolecular Hbond substituents is 1. The van der Waals surface area contributed by atoms with Gasteiger partial charge in [-0.3, -0.25) is 9.59 Å². The van der Waals surface area contributed by atoms with Crippen molar-refractivity contribution in [2.24, 2.45) is 11.8 Å². The van der Waals surface area contributed by atoms with Gasteiger partial charge in [0, 0.05) is 25.7 Å². The van der Waals surface area contributed by atoms with E-state index in [0.717, 1.165) is 25.7 Å². The number of aromatic hydroxyl groups is 1. The number of halogens is 1. The Kier molecular flexibility index (Phi) is 5.99. The highest BCUT2D eigenvalue weighted by Gasteiger charge is 2.34. The van der Waals surface area contributed by atoms with E-state index in [-0.39, 0.29) is 23.9 Å². The first-order valence-electron chi connectivity index (χ1n) is 9.61. The van der Waals surface area contributed by atoms with Crippen LogP contribution < -0.4 is 5.32 Å². The number of aliphatic carboxylic acids is 1. The third-order valence-corrected chi connectivity index (χ3v) is 5.95. The monoisotopic (exact) mass is 378 g/mol. The van der Waals surface area contributed by atoms with E-state index in [1.807, 2.05) is 0 Å². The predicted octanol–water partition coefficient (Wildman–Crippen LogP) is 2.75. The topological polar surface area (TPSA) is 89.9 Å². The average Bonchev–Trinajstić information content (AvgIpc) is 2.95. The number of hydrogen-bond acceptors (Lipinski definition) is 4. The molecule has 3 N–H and O–H groups in total. The first-order chi connectivity index (χ1) is 12.9. The van der Waals surface area contributed by atoms with E-state index in [4.69, 9.17) is 5.11 Å². The van der Waals surface area contributed by atoms with Gasteiger partial charge < -0.3 is 20.4 Å². The van der Waals surface area contributed by atoms with E-state index in [1.165, 1.54) is 6.07 Å². The van der Waals surface area contributed by atoms with Crippen LogP contribution in [0.15, 0.2) is 12.1 Å². The molecule has 0 saturated heterocycles. The molecule has 1 fully saturated rings. The summed E-state index contributed by atoms with van der Waals surface area (Å²) in [6, 6.07) is 3.20. The fourth-order valence-corrected chi connectivity index (χ4v) is 4.31. The number of carboxylic acid groups (broad SMARTS) is 1. The highest BCUT2D eigenvalue weighted by Crippen LogP contribution is 2.35. The van der Waals surface area contributed by atoms with Crippen LogP contribution in [-0.2, 0) is 11.3 Å². The molecule has 1 aliphatic heterocycles. The van der Waals surface area contributed by atoms with Crippen molar-refractivity contribution in [3.05, 3.63) is 29.1 Å². The van der Waals surface area contributed by atoms with E-state index in [0.29, 0.717) is 37.0 Å². The summed E-state index contributed by atoms with van der Waals surface area (Å²) < 4.78 is 14.1. The minimum Gasteiger partial charge on any atom is -0.505 e. The molecule has 27 heavy (non-hydrogen) atoms. The lowest BCUT2D eigenvalue weighted by molar-refractivity contribution is -0.136. The van der Waals surface area contributed by atoms with Crippen LogP contribution in [0, 0.1) is 17.7 Å². The van der Waals surface area contributed by atoms with Crippen molar-refractivity contribution in [2.45, 2.75) is 51.6 Å². The van der Waals surface area contributed by atoms with Crippen LogP contribution in [0.2, 0.25) is 0 Å². The highest BCUT2D eigenvalue weighted by atomic mass is 19.1. The van der Waals surface area contributed by atoms with Gasteiger partial charge in [0.2, 0.25) is 0 Å². The maximum Gasteiger partial charge on any atom is 0.304 e. The Morgan fingerprint density at radius 1 is 1.33 bits per heavy atom. The zero-order chi connectivity index (χ0) is 19.6. The summed E-state index contributed by atoms with van der Waals surface area (Å²) in [6.07, 6.45) is 4.21. The van der Waals surface area contributed by atoms with Gasteiger partial charge in [-0.1, -0.05) is 6.07 Å². The molecule has 148 valence electrons. The van der Waals surface area contributed by atoms with Crippen LogP contribution in [-0.4, -0.2) is 46.1 Å². The Balaban J connectivity index is 1.48. The zero-order valence-corrected chi connectivity index (χ0v) is 15.6. The zero-order valence-electron chi connectivity index (χ0n) is 15.6. The van der Waals surface area contributed by atoms with Crippen molar-refractivity contribution in [3.8, 4) is 5.75 Å². The second-order valence-electron chi connectivity index (χ2n) is 7.79. The molecule has 1 unspecified atom stereocenters. The van der Waals surface area contributed by atoms with Crippen molar-refractivity contribution >= 4 is 11.9 Å². The van der Waals surface area contributed by atoms with Crippen LogP contribution in [0.25, 0.3) is 0 Å². The standard InChI is InChI=1S/C20H27FN2O4/c1-12(22-9-8-17(25)26)14-4-2-13(3-5-14)10-23-11-15-6-7-16(24)19(21)18(15)20(23)27/h6-7,12-14,22,24H,2-5,8-11H2,1H3,(H,25,26). The van der Waals surface area contributed by atoms with Crippen LogP contribution in [0.4, 0.5) is 4.39 Å². The molecule has 0 radical (unpaired) electrons. The molecule has 1 aromatic rings. The quantitative estimate of drug-likeness (QED) is 0.679. The second-order valence-corrected chi connectivity index (χ2v) is 7.79. The molecule has 1 amide bonds. The lowest BCUT2D eigenvalue weighted by atomic mass is 9.78. The van der Waals surface area contributed by atoms with E-state index < -0.39 is 17.5 Å². The first-order valence-corrected chi connectivity index (χ1v) is 9.61. The van der Waals surface area contributed by atoms with Gasteiger partial charge in [0.25, 0.3) is 5.91 Å². The molecule has 1 saturated carbocycles. The Morgan fingerprint density at radius 3 is 2.70 bits per heavy atom. The van der Waals surface area contributed by atoms with Gasteiger partial charge in [-0.2, -0.15) is 0 Å². The molecule has 0 spiro atoms. The maximum atomic E-state index is 14.1. The van der Waals surface area contributed by atoms with E-state index in [2.05, 4.69) is 12.2 Å². The average molecular weight is 378 g/mol. The van der Waals surface area contributed by atoms with Crippen molar-refractivity contribution in [2.75, 3.05) is 13.1 Å². The summed E-state index contributed by atoms with van der Waals surface area (Å²) in [5.74, 6) is -1.51. The fraction of sp³-hybridized carbons (Fsp3) is 0.600. The number of benzene rings is 1. The normalized spacial score (nSPS) is 23.3. The lowest BCUT2D eigenvalue weighted by Gasteiger charge is -2.34. The number of fused-ring (bicyclic) bond motifs is 1. The van der Waals surface area contributed by atoms with Crippen molar-refractivity contribution in [1.82, 2.24) is 10.2 Å². The van der Waals surface area contributed by atoms with E-state index in [9.17, 15) is 19.1 Å². The second kappa shape index (κ2) is 8.25. The Bertz CT molecular complexity index is 716. The molecular formula is C20H27FN2O4. The Morgan fingerprint density at radius 2 is 2.04 bits per heavy atom. The van der Waals surface area contributed by atoms with Gasteiger partial charge in [-0.25, -0.2) is 4.39 Å². The van der Waals surface area contributed by atoms with Crippen molar-refractivity contribution in [1.29, 1.82) is 0 Å². The smallest absolute Gasteiger partial charge is 0.304 e. The van der Waals surface area contributed by atoms with Crippen LogP contribution in [0.3, 0.4) is 0 Å². The fourth-order valence-electron chi connectivity index (χ4n) is 4.31. The molecule has 2 aliphatic rings. The number of amides is 1. The molecule has 3 rings (SSSR count). The number of phenols is 1. The molecule has 7 heteroatoms. The number of carboxylic acids is 1. The van der Waals surface area contributed by atoms with Gasteiger partial charge in [-0.15, -0.1) is 0 Å². The molecule has 1 atom stereocenters. The highest BCUT2D eigenvalue weighted by molar-refractivity contribution is 5.99. The maximum absolute atomic E-state index is 14.1. The van der Waals surface area contributed by atoms with Crippen LogP contribution in [0.1, 0.15) is 54.9 Å². The third-order valence-electron chi connectivity index (χ3n) is 5.95. The number of carbonyl (C=O) groups is 2. The van der Waals surface area contributed by atoms with Gasteiger partial charge in [0.15, 0.2) is 11.6 Å². The number of rotatable bonds is 7. The largest absolute Gasteiger partial charge is 0.505 e. The minimum atomic E-state index is -0.815. The van der Waals surface area contributed by atoms with Crippen LogP contribution >= 0.6 is 0 Å². The summed E-state index contributed by atoms with van der Waals surface area (Å²) in [7, 11) is 0. The van der Waals surface area contributed by atoms with Gasteiger partial charge >= 0.3 is 5.97 Å². The predicted molar refractivity (Wildman–Crippen MR) is 98.0 cm³/mol. The van der Waals surface area contributed by atoms with E-state index >= 15 is 0 Å². The van der Waals surface area contributed by atoms with Gasteiger partial charge in [0.05, 0.1) is 12.0 Å². The number of nitrogens with zero attached hydrogens (tertiary/aromatic N) is 1. The summed E-state index contributed by atoms with van der Waals surface area (Å²) in [5.41, 5.74) is 0.653. The molecule has 6 nitrogen and oxygen atoms in total. The summed E-state index contributed by atoms with van der Waals surface area (Å²) >= 11 is 0. The first kappa shape index (κ1) is 19.6. The SMILES string of the molecule is CC(NCCC(=O)O)C1CCC(CN2Cc3ccc(O)c(F)c3C2=O)CC1. The molecule has 0 bridgehead atoms. The molecule has 1 aliphatic carbocycles. The number of nitrogens with one attached hydrogen (secondary N) is 1. The lowest BCUT2D eigenvalue weighted by Crippen LogP contribution is -2.38. The third kappa shape index (κ3) is 4.40. The Hall–Kier alpha value is -2.15. The van der Waals surface area contributed by atoms with Crippen LogP contribution in [0.5, 0.6) is 5.75 Å². The summed E-state index contributed by atoms with van der Waals surface area (Å²) in [6.45, 7) is 3.60. The van der Waals surface area contributed by atoms with E-state index in [1.54, 1.807) is 11.0 Å². The minimum absolute atomic E-state index is 0.0138.